The number of piperidine rings is 1. The van der Waals surface area contributed by atoms with Gasteiger partial charge in [0.05, 0.1) is 0 Å². The quantitative estimate of drug-likeness (QED) is 0.752. The molecule has 1 heterocycles. The molecule has 0 aliphatic carbocycles. The largest absolute Gasteiger partial charge is 0.490 e. The van der Waals surface area contributed by atoms with Crippen LogP contribution in [0.5, 0.6) is 5.75 Å². The molecular formula is C22H23ClN2O3. The van der Waals surface area contributed by atoms with Gasteiger partial charge in [0.25, 0.3) is 5.91 Å². The molecule has 0 aromatic heterocycles. The van der Waals surface area contributed by atoms with Gasteiger partial charge in [0.1, 0.15) is 11.9 Å². The zero-order chi connectivity index (χ0) is 19.9. The Morgan fingerprint density at radius 1 is 1.11 bits per heavy atom. The highest BCUT2D eigenvalue weighted by molar-refractivity contribution is 6.30. The van der Waals surface area contributed by atoms with Crippen LogP contribution in [0.3, 0.4) is 0 Å². The number of rotatable bonds is 6. The second kappa shape index (κ2) is 9.42. The number of carbonyl (C=O) groups excluding carboxylic acids is 2. The first kappa shape index (κ1) is 20.0. The van der Waals surface area contributed by atoms with Crippen molar-refractivity contribution in [3.8, 4) is 5.75 Å². The van der Waals surface area contributed by atoms with Crippen LogP contribution < -0.4 is 10.1 Å². The number of benzene rings is 2. The summed E-state index contributed by atoms with van der Waals surface area (Å²) in [6.07, 6.45) is 2.92. The summed E-state index contributed by atoms with van der Waals surface area (Å²) < 4.78 is 5.98. The zero-order valence-electron chi connectivity index (χ0n) is 15.6. The van der Waals surface area contributed by atoms with E-state index < -0.39 is 0 Å². The SMILES string of the molecule is C=CC(=O)NCc1ccc(C(=O)N2CCC(Oc3ccc(Cl)cc3)CC2)cc1. The fourth-order valence-corrected chi connectivity index (χ4v) is 3.22. The Kier molecular flexibility index (Phi) is 6.71. The number of ether oxygens (including phenoxy) is 1. The van der Waals surface area contributed by atoms with Crippen molar-refractivity contribution < 1.29 is 14.3 Å². The molecule has 1 aliphatic heterocycles. The van der Waals surface area contributed by atoms with Crippen molar-refractivity contribution in [1.82, 2.24) is 10.2 Å². The third kappa shape index (κ3) is 5.36. The number of nitrogens with zero attached hydrogens (tertiary/aromatic N) is 1. The maximum absolute atomic E-state index is 12.7. The van der Waals surface area contributed by atoms with E-state index in [2.05, 4.69) is 11.9 Å². The molecule has 28 heavy (non-hydrogen) atoms. The topological polar surface area (TPSA) is 58.6 Å². The molecule has 0 unspecified atom stereocenters. The van der Waals surface area contributed by atoms with Crippen LogP contribution in [0, 0.1) is 0 Å². The molecule has 1 fully saturated rings. The van der Waals surface area contributed by atoms with E-state index in [0.29, 0.717) is 30.2 Å². The van der Waals surface area contributed by atoms with Crippen LogP contribution in [0.15, 0.2) is 61.2 Å². The van der Waals surface area contributed by atoms with Crippen LogP contribution in [0.4, 0.5) is 0 Å². The van der Waals surface area contributed by atoms with Crippen LogP contribution >= 0.6 is 11.6 Å². The molecule has 1 aliphatic rings. The average molecular weight is 399 g/mol. The fraction of sp³-hybridized carbons (Fsp3) is 0.273. The number of hydrogen-bond acceptors (Lipinski definition) is 3. The molecule has 2 aromatic carbocycles. The lowest BCUT2D eigenvalue weighted by Crippen LogP contribution is -2.41. The third-order valence-electron chi connectivity index (χ3n) is 4.70. The Hall–Kier alpha value is -2.79. The first-order chi connectivity index (χ1) is 13.5. The van der Waals surface area contributed by atoms with Crippen molar-refractivity contribution in [3.05, 3.63) is 77.3 Å². The normalized spacial score (nSPS) is 14.4. The van der Waals surface area contributed by atoms with E-state index in [1.807, 2.05) is 41.3 Å². The second-order valence-electron chi connectivity index (χ2n) is 6.68. The highest BCUT2D eigenvalue weighted by Crippen LogP contribution is 2.22. The molecule has 1 saturated heterocycles. The van der Waals surface area contributed by atoms with Gasteiger partial charge in [-0.2, -0.15) is 0 Å². The molecule has 146 valence electrons. The smallest absolute Gasteiger partial charge is 0.253 e. The summed E-state index contributed by atoms with van der Waals surface area (Å²) in [6, 6.07) is 14.6. The summed E-state index contributed by atoms with van der Waals surface area (Å²) in [6.45, 7) is 5.15. The monoisotopic (exact) mass is 398 g/mol. The number of carbonyl (C=O) groups is 2. The first-order valence-electron chi connectivity index (χ1n) is 9.26. The van der Waals surface area contributed by atoms with Crippen molar-refractivity contribution in [3.63, 3.8) is 0 Å². The highest BCUT2D eigenvalue weighted by atomic mass is 35.5. The summed E-state index contributed by atoms with van der Waals surface area (Å²) in [5, 5.41) is 3.40. The number of nitrogens with one attached hydrogen (secondary N) is 1. The minimum Gasteiger partial charge on any atom is -0.490 e. The Bertz CT molecular complexity index is 826. The summed E-state index contributed by atoms with van der Waals surface area (Å²) in [7, 11) is 0. The molecule has 6 heteroatoms. The Balaban J connectivity index is 1.49. The van der Waals surface area contributed by atoms with Gasteiger partial charge < -0.3 is 15.0 Å². The van der Waals surface area contributed by atoms with Gasteiger partial charge in [-0.3, -0.25) is 9.59 Å². The Morgan fingerprint density at radius 2 is 1.75 bits per heavy atom. The van der Waals surface area contributed by atoms with E-state index in [1.165, 1.54) is 6.08 Å². The van der Waals surface area contributed by atoms with Gasteiger partial charge in [0.15, 0.2) is 0 Å². The van der Waals surface area contributed by atoms with Crippen molar-refractivity contribution in [1.29, 1.82) is 0 Å². The minimum absolute atomic E-state index is 0.0200. The molecule has 2 aromatic rings. The Morgan fingerprint density at radius 3 is 2.36 bits per heavy atom. The summed E-state index contributed by atoms with van der Waals surface area (Å²) in [5.74, 6) is 0.601. The van der Waals surface area contributed by atoms with Crippen LogP contribution in [-0.2, 0) is 11.3 Å². The van der Waals surface area contributed by atoms with Gasteiger partial charge in [0, 0.05) is 43.1 Å². The summed E-state index contributed by atoms with van der Waals surface area (Å²) in [4.78, 5) is 25.8. The van der Waals surface area contributed by atoms with E-state index in [4.69, 9.17) is 16.3 Å². The van der Waals surface area contributed by atoms with Crippen molar-refractivity contribution in [2.45, 2.75) is 25.5 Å². The van der Waals surface area contributed by atoms with Gasteiger partial charge in [0.2, 0.25) is 5.91 Å². The van der Waals surface area contributed by atoms with E-state index in [9.17, 15) is 9.59 Å². The van der Waals surface area contributed by atoms with Crippen molar-refractivity contribution in [2.24, 2.45) is 0 Å². The standard InChI is InChI=1S/C22H23ClN2O3/c1-2-21(26)24-15-16-3-5-17(6-4-16)22(27)25-13-11-20(12-14-25)28-19-9-7-18(23)8-10-19/h2-10,20H,1,11-15H2,(H,24,26). The van der Waals surface area contributed by atoms with E-state index in [-0.39, 0.29) is 17.9 Å². The van der Waals surface area contributed by atoms with Crippen LogP contribution in [-0.4, -0.2) is 35.9 Å². The minimum atomic E-state index is -0.219. The summed E-state index contributed by atoms with van der Waals surface area (Å²) in [5.41, 5.74) is 1.58. The number of hydrogen-bond donors (Lipinski definition) is 1. The van der Waals surface area contributed by atoms with Crippen LogP contribution in [0.25, 0.3) is 0 Å². The molecule has 0 atom stereocenters. The predicted molar refractivity (Wildman–Crippen MR) is 109 cm³/mol. The zero-order valence-corrected chi connectivity index (χ0v) is 16.3. The first-order valence-corrected chi connectivity index (χ1v) is 9.63. The van der Waals surface area contributed by atoms with E-state index in [1.54, 1.807) is 12.1 Å². The molecule has 0 spiro atoms. The maximum atomic E-state index is 12.7. The number of likely N-dealkylation sites (tertiary alicyclic amines) is 1. The number of amides is 2. The summed E-state index contributed by atoms with van der Waals surface area (Å²) >= 11 is 5.89. The predicted octanol–water partition coefficient (Wildman–Crippen LogP) is 3.83. The van der Waals surface area contributed by atoms with Gasteiger partial charge in [-0.25, -0.2) is 0 Å². The van der Waals surface area contributed by atoms with E-state index >= 15 is 0 Å². The number of halogens is 1. The second-order valence-corrected chi connectivity index (χ2v) is 7.12. The van der Waals surface area contributed by atoms with Crippen LogP contribution in [0.2, 0.25) is 5.02 Å². The molecule has 0 radical (unpaired) electrons. The molecule has 0 bridgehead atoms. The van der Waals surface area contributed by atoms with Crippen LogP contribution in [0.1, 0.15) is 28.8 Å². The molecule has 3 rings (SSSR count). The van der Waals surface area contributed by atoms with Gasteiger partial charge in [-0.15, -0.1) is 0 Å². The highest BCUT2D eigenvalue weighted by Gasteiger charge is 2.24. The van der Waals surface area contributed by atoms with Crippen molar-refractivity contribution in [2.75, 3.05) is 13.1 Å². The molecule has 5 nitrogen and oxygen atoms in total. The Labute approximate surface area is 169 Å². The fourth-order valence-electron chi connectivity index (χ4n) is 3.09. The van der Waals surface area contributed by atoms with E-state index in [0.717, 1.165) is 24.2 Å². The molecule has 1 N–H and O–H groups in total. The maximum Gasteiger partial charge on any atom is 0.253 e. The van der Waals surface area contributed by atoms with Gasteiger partial charge >= 0.3 is 0 Å². The van der Waals surface area contributed by atoms with Gasteiger partial charge in [-0.05, 0) is 48.0 Å². The lowest BCUT2D eigenvalue weighted by atomic mass is 10.1. The van der Waals surface area contributed by atoms with Crippen molar-refractivity contribution >= 4 is 23.4 Å². The average Bonchev–Trinajstić information content (AvgIpc) is 2.74. The molecule has 2 amide bonds. The van der Waals surface area contributed by atoms with Gasteiger partial charge in [-0.1, -0.05) is 30.3 Å². The lowest BCUT2D eigenvalue weighted by Gasteiger charge is -2.32. The molecular weight excluding hydrogens is 376 g/mol. The third-order valence-corrected chi connectivity index (χ3v) is 4.95. The lowest BCUT2D eigenvalue weighted by molar-refractivity contribution is -0.116. The molecule has 0 saturated carbocycles.